The third kappa shape index (κ3) is 4.23. The van der Waals surface area contributed by atoms with Gasteiger partial charge in [-0.2, -0.15) is 0 Å². The molecule has 1 atom stereocenters. The van der Waals surface area contributed by atoms with Crippen LogP contribution in [0.1, 0.15) is 36.1 Å². The Kier molecular flexibility index (Phi) is 6.12. The summed E-state index contributed by atoms with van der Waals surface area (Å²) in [5.74, 6) is 0. The minimum Gasteiger partial charge on any atom is -0.306 e. The van der Waals surface area contributed by atoms with E-state index in [9.17, 15) is 0 Å². The Labute approximate surface area is 144 Å². The van der Waals surface area contributed by atoms with Crippen molar-refractivity contribution in [3.05, 3.63) is 67.6 Å². The van der Waals surface area contributed by atoms with E-state index >= 15 is 0 Å². The van der Waals surface area contributed by atoms with Crippen LogP contribution in [0.4, 0.5) is 0 Å². The van der Waals surface area contributed by atoms with Gasteiger partial charge in [0.15, 0.2) is 0 Å². The molecule has 1 unspecified atom stereocenters. The maximum absolute atomic E-state index is 6.39. The van der Waals surface area contributed by atoms with Crippen LogP contribution >= 0.6 is 39.1 Å². The zero-order chi connectivity index (χ0) is 15.4. The molecule has 0 spiro atoms. The van der Waals surface area contributed by atoms with E-state index in [0.717, 1.165) is 28.0 Å². The van der Waals surface area contributed by atoms with Gasteiger partial charge in [-0.25, -0.2) is 0 Å². The van der Waals surface area contributed by atoms with E-state index in [2.05, 4.69) is 53.3 Å². The molecule has 0 radical (unpaired) electrons. The zero-order valence-corrected chi connectivity index (χ0v) is 15.2. The van der Waals surface area contributed by atoms with E-state index < -0.39 is 0 Å². The van der Waals surface area contributed by atoms with E-state index in [0.29, 0.717) is 5.02 Å². The molecule has 112 valence electrons. The third-order valence-electron chi connectivity index (χ3n) is 3.33. The van der Waals surface area contributed by atoms with Crippen LogP contribution in [0, 0.1) is 6.92 Å². The van der Waals surface area contributed by atoms with Crippen molar-refractivity contribution < 1.29 is 0 Å². The van der Waals surface area contributed by atoms with Gasteiger partial charge >= 0.3 is 0 Å². The predicted molar refractivity (Wildman–Crippen MR) is 95.5 cm³/mol. The highest BCUT2D eigenvalue weighted by Crippen LogP contribution is 2.34. The van der Waals surface area contributed by atoms with Gasteiger partial charge in [-0.15, -0.1) is 0 Å². The average molecular weight is 387 g/mol. The molecule has 0 fully saturated rings. The molecule has 0 heterocycles. The van der Waals surface area contributed by atoms with Gasteiger partial charge < -0.3 is 5.32 Å². The molecule has 0 saturated carbocycles. The monoisotopic (exact) mass is 385 g/mol. The van der Waals surface area contributed by atoms with Gasteiger partial charge in [0.25, 0.3) is 0 Å². The second-order valence-corrected chi connectivity index (χ2v) is 6.78. The molecule has 2 aromatic carbocycles. The number of nitrogens with one attached hydrogen (secondary N) is 1. The van der Waals surface area contributed by atoms with Crippen molar-refractivity contribution in [3.63, 3.8) is 0 Å². The van der Waals surface area contributed by atoms with Crippen LogP contribution in [0.2, 0.25) is 10.0 Å². The van der Waals surface area contributed by atoms with E-state index in [1.807, 2.05) is 18.2 Å². The first-order valence-electron chi connectivity index (χ1n) is 6.97. The van der Waals surface area contributed by atoms with Crippen molar-refractivity contribution in [1.82, 2.24) is 5.32 Å². The summed E-state index contributed by atoms with van der Waals surface area (Å²) in [6, 6.07) is 12.0. The molecular formula is C17H18BrCl2N. The molecule has 1 nitrogen and oxygen atoms in total. The Morgan fingerprint density at radius 3 is 2.52 bits per heavy atom. The van der Waals surface area contributed by atoms with Gasteiger partial charge in [0.2, 0.25) is 0 Å². The summed E-state index contributed by atoms with van der Waals surface area (Å²) in [6.07, 6.45) is 1.05. The van der Waals surface area contributed by atoms with Crippen LogP contribution in [0.25, 0.3) is 0 Å². The largest absolute Gasteiger partial charge is 0.306 e. The Hall–Kier alpha value is -0.540. The van der Waals surface area contributed by atoms with Gasteiger partial charge in [0.05, 0.1) is 6.04 Å². The third-order valence-corrected chi connectivity index (χ3v) is 4.60. The second kappa shape index (κ2) is 7.64. The fourth-order valence-electron chi connectivity index (χ4n) is 2.28. The number of rotatable bonds is 5. The molecule has 2 aromatic rings. The van der Waals surface area contributed by atoms with Crippen LogP contribution < -0.4 is 5.32 Å². The lowest BCUT2D eigenvalue weighted by atomic mass is 9.97. The van der Waals surface area contributed by atoms with Crippen LogP contribution in [-0.4, -0.2) is 6.54 Å². The molecular weight excluding hydrogens is 369 g/mol. The molecule has 0 aliphatic heterocycles. The van der Waals surface area contributed by atoms with Crippen LogP contribution in [0.5, 0.6) is 0 Å². The molecule has 2 rings (SSSR count). The first-order valence-corrected chi connectivity index (χ1v) is 8.52. The van der Waals surface area contributed by atoms with Crippen molar-refractivity contribution in [2.24, 2.45) is 0 Å². The van der Waals surface area contributed by atoms with Crippen LogP contribution in [0.15, 0.2) is 40.9 Å². The number of aryl methyl sites for hydroxylation is 1. The zero-order valence-electron chi connectivity index (χ0n) is 12.1. The minimum absolute atomic E-state index is 0.0196. The van der Waals surface area contributed by atoms with Crippen molar-refractivity contribution in [3.8, 4) is 0 Å². The summed E-state index contributed by atoms with van der Waals surface area (Å²) in [4.78, 5) is 0. The molecule has 4 heteroatoms. The van der Waals surface area contributed by atoms with Crippen molar-refractivity contribution in [2.75, 3.05) is 6.54 Å². The predicted octanol–water partition coefficient (Wildman–Crippen LogP) is 6.15. The van der Waals surface area contributed by atoms with Crippen LogP contribution in [-0.2, 0) is 0 Å². The lowest BCUT2D eigenvalue weighted by Crippen LogP contribution is -2.24. The highest BCUT2D eigenvalue weighted by molar-refractivity contribution is 9.10. The van der Waals surface area contributed by atoms with Gasteiger partial charge in [0.1, 0.15) is 0 Å². The highest BCUT2D eigenvalue weighted by atomic mass is 79.9. The summed E-state index contributed by atoms with van der Waals surface area (Å²) in [5, 5.41) is 4.98. The van der Waals surface area contributed by atoms with Gasteiger partial charge in [0, 0.05) is 14.5 Å². The van der Waals surface area contributed by atoms with Gasteiger partial charge in [-0.05, 0) is 60.8 Å². The maximum Gasteiger partial charge on any atom is 0.0603 e. The molecule has 0 aliphatic carbocycles. The molecule has 0 aromatic heterocycles. The fraction of sp³-hybridized carbons (Fsp3) is 0.294. The summed E-state index contributed by atoms with van der Waals surface area (Å²) < 4.78 is 1.08. The Bertz CT molecular complexity index is 628. The molecule has 21 heavy (non-hydrogen) atoms. The highest BCUT2D eigenvalue weighted by Gasteiger charge is 2.19. The first kappa shape index (κ1) is 16.8. The Balaban J connectivity index is 2.49. The minimum atomic E-state index is 0.0196. The molecule has 1 N–H and O–H groups in total. The Morgan fingerprint density at radius 1 is 1.10 bits per heavy atom. The number of halogens is 3. The number of hydrogen-bond donors (Lipinski definition) is 1. The quantitative estimate of drug-likeness (QED) is 0.649. The summed E-state index contributed by atoms with van der Waals surface area (Å²) in [5.41, 5.74) is 3.39. The van der Waals surface area contributed by atoms with E-state index in [1.54, 1.807) is 0 Å². The standard InChI is InChI=1S/C17H18BrCl2N/c1-3-8-21-17(13-6-4-11(2)9-15(13)18)14-10-12(19)5-7-16(14)20/h4-7,9-10,17,21H,3,8H2,1-2H3. The topological polar surface area (TPSA) is 12.0 Å². The second-order valence-electron chi connectivity index (χ2n) is 5.08. The van der Waals surface area contributed by atoms with E-state index in [-0.39, 0.29) is 6.04 Å². The van der Waals surface area contributed by atoms with Crippen molar-refractivity contribution in [2.45, 2.75) is 26.3 Å². The average Bonchev–Trinajstić information content (AvgIpc) is 2.44. The first-order chi connectivity index (χ1) is 10.0. The molecule has 0 saturated heterocycles. The lowest BCUT2D eigenvalue weighted by Gasteiger charge is -2.22. The summed E-state index contributed by atoms with van der Waals surface area (Å²) in [7, 11) is 0. The normalized spacial score (nSPS) is 12.4. The van der Waals surface area contributed by atoms with Crippen molar-refractivity contribution in [1.29, 1.82) is 0 Å². The molecule has 0 aliphatic rings. The molecule has 0 amide bonds. The summed E-state index contributed by atoms with van der Waals surface area (Å²) in [6.45, 7) is 5.14. The van der Waals surface area contributed by atoms with Gasteiger partial charge in [-0.3, -0.25) is 0 Å². The number of hydrogen-bond acceptors (Lipinski definition) is 1. The van der Waals surface area contributed by atoms with Crippen LogP contribution in [0.3, 0.4) is 0 Å². The Morgan fingerprint density at radius 2 is 1.86 bits per heavy atom. The maximum atomic E-state index is 6.39. The smallest absolute Gasteiger partial charge is 0.0603 e. The number of benzene rings is 2. The van der Waals surface area contributed by atoms with E-state index in [4.69, 9.17) is 23.2 Å². The van der Waals surface area contributed by atoms with Gasteiger partial charge in [-0.1, -0.05) is 58.2 Å². The fourth-order valence-corrected chi connectivity index (χ4v) is 3.41. The summed E-state index contributed by atoms with van der Waals surface area (Å²) >= 11 is 16.2. The van der Waals surface area contributed by atoms with E-state index in [1.165, 1.54) is 11.1 Å². The van der Waals surface area contributed by atoms with Crippen molar-refractivity contribution >= 4 is 39.1 Å². The lowest BCUT2D eigenvalue weighted by molar-refractivity contribution is 0.597. The SMILES string of the molecule is CCCNC(c1cc(Cl)ccc1Cl)c1ccc(C)cc1Br. The molecule has 0 bridgehead atoms.